The number of para-hydroxylation sites is 1. The van der Waals surface area contributed by atoms with Crippen LogP contribution in [-0.2, 0) is 16.1 Å². The fraction of sp³-hybridized carbons (Fsp3) is 0.227. The lowest BCUT2D eigenvalue weighted by Crippen LogP contribution is -2.42. The zero-order chi connectivity index (χ0) is 21.1. The molecule has 8 heteroatoms. The van der Waals surface area contributed by atoms with Gasteiger partial charge in [-0.3, -0.25) is 14.4 Å². The number of nitrogens with zero attached hydrogens (tertiary/aromatic N) is 1. The van der Waals surface area contributed by atoms with E-state index in [9.17, 15) is 14.4 Å². The van der Waals surface area contributed by atoms with Crippen LogP contribution < -0.4 is 16.0 Å². The minimum Gasteiger partial charge on any atom is -0.354 e. The second-order valence-corrected chi connectivity index (χ2v) is 7.60. The quantitative estimate of drug-likeness (QED) is 0.568. The van der Waals surface area contributed by atoms with Crippen molar-refractivity contribution >= 4 is 45.9 Å². The average Bonchev–Trinajstić information content (AvgIpc) is 3.07. The molecule has 3 aromatic rings. The van der Waals surface area contributed by atoms with Crippen molar-refractivity contribution in [1.29, 1.82) is 0 Å². The topological polar surface area (TPSA) is 92.2 Å². The first-order valence-electron chi connectivity index (χ1n) is 9.73. The molecule has 4 rings (SSSR count). The summed E-state index contributed by atoms with van der Waals surface area (Å²) in [5, 5.41) is 10.0. The summed E-state index contributed by atoms with van der Waals surface area (Å²) in [5.41, 5.74) is 1.90. The number of halogens is 1. The Kier molecular flexibility index (Phi) is 5.72. The molecule has 154 valence electrons. The monoisotopic (exact) mass is 424 g/mol. The van der Waals surface area contributed by atoms with Gasteiger partial charge in [-0.1, -0.05) is 29.8 Å². The normalized spacial score (nSPS) is 15.8. The van der Waals surface area contributed by atoms with Crippen LogP contribution in [0, 0.1) is 0 Å². The third-order valence-corrected chi connectivity index (χ3v) is 5.36. The third-order valence-electron chi connectivity index (χ3n) is 5.12. The van der Waals surface area contributed by atoms with Crippen LogP contribution in [0.3, 0.4) is 0 Å². The number of aromatic nitrogens is 1. The molecule has 0 aliphatic carbocycles. The Labute approximate surface area is 178 Å². The van der Waals surface area contributed by atoms with Crippen molar-refractivity contribution in [2.75, 3.05) is 11.9 Å². The lowest BCUT2D eigenvalue weighted by atomic mass is 10.1. The Morgan fingerprint density at radius 1 is 1.13 bits per heavy atom. The van der Waals surface area contributed by atoms with Crippen LogP contribution in [0.15, 0.2) is 54.7 Å². The molecule has 0 fully saturated rings. The molecule has 3 amide bonds. The molecular weight excluding hydrogens is 404 g/mol. The summed E-state index contributed by atoms with van der Waals surface area (Å²) in [6.07, 6.45) is 2.31. The number of rotatable bonds is 6. The lowest BCUT2D eigenvalue weighted by molar-refractivity contribution is -0.121. The molecule has 1 aromatic heterocycles. The van der Waals surface area contributed by atoms with Crippen LogP contribution in [0.25, 0.3) is 10.9 Å². The van der Waals surface area contributed by atoms with Crippen molar-refractivity contribution in [2.24, 2.45) is 0 Å². The van der Waals surface area contributed by atoms with Gasteiger partial charge in [-0.15, -0.1) is 0 Å². The Morgan fingerprint density at radius 2 is 1.97 bits per heavy atom. The van der Waals surface area contributed by atoms with E-state index in [0.717, 1.165) is 10.9 Å². The Morgan fingerprint density at radius 3 is 2.83 bits per heavy atom. The molecule has 0 radical (unpaired) electrons. The van der Waals surface area contributed by atoms with Crippen LogP contribution in [-0.4, -0.2) is 34.9 Å². The van der Waals surface area contributed by atoms with E-state index in [2.05, 4.69) is 16.0 Å². The Bertz CT molecular complexity index is 1120. The van der Waals surface area contributed by atoms with Gasteiger partial charge in [-0.25, -0.2) is 0 Å². The standard InChI is InChI=1S/C22H21ClN4O3/c23-15-6-5-14-9-11-27(19(14)13-15)12-10-24-20(28)8-7-18-22(30)25-17-4-2-1-3-16(17)21(29)26-18/h1-6,9,11,13,18H,7-8,10,12H2,(H,24,28)(H,25,30)(H,26,29)/t18-/m1/s1. The summed E-state index contributed by atoms with van der Waals surface area (Å²) in [6.45, 7) is 1.05. The minimum absolute atomic E-state index is 0.132. The van der Waals surface area contributed by atoms with Gasteiger partial charge in [-0.2, -0.15) is 0 Å². The molecule has 2 heterocycles. The largest absolute Gasteiger partial charge is 0.354 e. The van der Waals surface area contributed by atoms with E-state index >= 15 is 0 Å². The smallest absolute Gasteiger partial charge is 0.254 e. The zero-order valence-electron chi connectivity index (χ0n) is 16.2. The third kappa shape index (κ3) is 4.31. The first-order valence-corrected chi connectivity index (χ1v) is 10.1. The molecule has 30 heavy (non-hydrogen) atoms. The maximum absolute atomic E-state index is 12.4. The minimum atomic E-state index is -0.758. The highest BCUT2D eigenvalue weighted by molar-refractivity contribution is 6.31. The van der Waals surface area contributed by atoms with Crippen molar-refractivity contribution in [2.45, 2.75) is 25.4 Å². The molecule has 0 bridgehead atoms. The summed E-state index contributed by atoms with van der Waals surface area (Å²) >= 11 is 6.06. The number of benzene rings is 2. The van der Waals surface area contributed by atoms with Crippen molar-refractivity contribution in [3.8, 4) is 0 Å². The Hall–Kier alpha value is -3.32. The zero-order valence-corrected chi connectivity index (χ0v) is 16.9. The van der Waals surface area contributed by atoms with E-state index in [1.54, 1.807) is 24.3 Å². The van der Waals surface area contributed by atoms with E-state index < -0.39 is 6.04 Å². The molecule has 1 aliphatic heterocycles. The van der Waals surface area contributed by atoms with Crippen molar-refractivity contribution in [1.82, 2.24) is 15.2 Å². The number of carbonyl (C=O) groups excluding carboxylic acids is 3. The van der Waals surface area contributed by atoms with Gasteiger partial charge in [-0.05, 0) is 42.1 Å². The summed E-state index contributed by atoms with van der Waals surface area (Å²) in [6, 6.07) is 13.8. The van der Waals surface area contributed by atoms with Crippen molar-refractivity contribution in [3.63, 3.8) is 0 Å². The van der Waals surface area contributed by atoms with Gasteiger partial charge in [0.15, 0.2) is 0 Å². The molecule has 0 saturated heterocycles. The van der Waals surface area contributed by atoms with Crippen LogP contribution in [0.5, 0.6) is 0 Å². The van der Waals surface area contributed by atoms with Gasteiger partial charge in [0.2, 0.25) is 11.8 Å². The maximum Gasteiger partial charge on any atom is 0.254 e. The molecule has 7 nitrogen and oxygen atoms in total. The fourth-order valence-electron chi connectivity index (χ4n) is 3.55. The van der Waals surface area contributed by atoms with E-state index in [4.69, 9.17) is 11.6 Å². The van der Waals surface area contributed by atoms with Gasteiger partial charge in [0.25, 0.3) is 5.91 Å². The fourth-order valence-corrected chi connectivity index (χ4v) is 3.71. The number of anilines is 1. The SMILES string of the molecule is O=C(CC[C@H]1NC(=O)c2ccccc2NC1=O)NCCn1ccc2ccc(Cl)cc21. The maximum atomic E-state index is 12.4. The van der Waals surface area contributed by atoms with Gasteiger partial charge in [0, 0.05) is 36.2 Å². The number of hydrogen-bond acceptors (Lipinski definition) is 3. The first-order chi connectivity index (χ1) is 14.5. The molecule has 0 saturated carbocycles. The lowest BCUT2D eigenvalue weighted by Gasteiger charge is -2.14. The van der Waals surface area contributed by atoms with E-state index in [0.29, 0.717) is 29.4 Å². The highest BCUT2D eigenvalue weighted by Gasteiger charge is 2.27. The van der Waals surface area contributed by atoms with Crippen LogP contribution in [0.4, 0.5) is 5.69 Å². The van der Waals surface area contributed by atoms with E-state index in [-0.39, 0.29) is 30.6 Å². The molecule has 1 atom stereocenters. The number of hydrogen-bond donors (Lipinski definition) is 3. The van der Waals surface area contributed by atoms with E-state index in [1.165, 1.54) is 0 Å². The predicted molar refractivity (Wildman–Crippen MR) is 116 cm³/mol. The van der Waals surface area contributed by atoms with Crippen molar-refractivity contribution in [3.05, 3.63) is 65.3 Å². The van der Waals surface area contributed by atoms with Gasteiger partial charge in [0.05, 0.1) is 11.3 Å². The molecule has 2 aromatic carbocycles. The summed E-state index contributed by atoms with van der Waals surface area (Å²) in [4.78, 5) is 36.9. The summed E-state index contributed by atoms with van der Waals surface area (Å²) in [5.74, 6) is -0.822. The average molecular weight is 425 g/mol. The van der Waals surface area contributed by atoms with Gasteiger partial charge >= 0.3 is 0 Å². The molecular formula is C22H21ClN4O3. The highest BCUT2D eigenvalue weighted by atomic mass is 35.5. The molecule has 0 spiro atoms. The molecule has 1 aliphatic rings. The number of amides is 3. The number of carbonyl (C=O) groups is 3. The molecule has 0 unspecified atom stereocenters. The second kappa shape index (κ2) is 8.59. The number of fused-ring (bicyclic) bond motifs is 2. The second-order valence-electron chi connectivity index (χ2n) is 7.16. The number of nitrogens with one attached hydrogen (secondary N) is 3. The first kappa shape index (κ1) is 20.0. The van der Waals surface area contributed by atoms with Gasteiger partial charge < -0.3 is 20.5 Å². The van der Waals surface area contributed by atoms with Crippen molar-refractivity contribution < 1.29 is 14.4 Å². The summed E-state index contributed by atoms with van der Waals surface area (Å²) < 4.78 is 2.03. The van der Waals surface area contributed by atoms with Crippen LogP contribution >= 0.6 is 11.6 Å². The Balaban J connectivity index is 1.28. The summed E-state index contributed by atoms with van der Waals surface area (Å²) in [7, 11) is 0. The molecule has 3 N–H and O–H groups in total. The highest BCUT2D eigenvalue weighted by Crippen LogP contribution is 2.21. The van der Waals surface area contributed by atoms with Crippen LogP contribution in [0.1, 0.15) is 23.2 Å². The van der Waals surface area contributed by atoms with Gasteiger partial charge in [0.1, 0.15) is 6.04 Å². The predicted octanol–water partition coefficient (Wildman–Crippen LogP) is 2.94. The van der Waals surface area contributed by atoms with Crippen LogP contribution in [0.2, 0.25) is 5.02 Å². The van der Waals surface area contributed by atoms with E-state index in [1.807, 2.05) is 35.0 Å².